The molecule has 2 aliphatic rings. The first-order valence-corrected chi connectivity index (χ1v) is 8.54. The second-order valence-corrected chi connectivity index (χ2v) is 6.74. The Morgan fingerprint density at radius 1 is 0.957 bits per heavy atom. The second kappa shape index (κ2) is 6.34. The Kier molecular flexibility index (Phi) is 4.06. The van der Waals surface area contributed by atoms with Gasteiger partial charge in [-0.15, -0.1) is 0 Å². The fourth-order valence-electron chi connectivity index (χ4n) is 3.55. The van der Waals surface area contributed by atoms with Crippen molar-refractivity contribution in [2.75, 3.05) is 39.8 Å². The molecule has 0 aromatic heterocycles. The molecular weight excluding hydrogens is 284 g/mol. The fraction of sp³-hybridized carbons (Fsp3) is 0.400. The van der Waals surface area contributed by atoms with E-state index in [1.807, 2.05) is 0 Å². The topological polar surface area (TPSA) is 15.7 Å². The van der Waals surface area contributed by atoms with Crippen LogP contribution in [0, 0.1) is 0 Å². The Bertz CT molecular complexity index is 663. The zero-order valence-electron chi connectivity index (χ0n) is 13.7. The SMILES string of the molecule is CN1CCN(CC2Cc3cc(-c4ccccc4)ccc3O2)CC1. The summed E-state index contributed by atoms with van der Waals surface area (Å²) in [5.74, 6) is 1.07. The van der Waals surface area contributed by atoms with E-state index in [9.17, 15) is 0 Å². The summed E-state index contributed by atoms with van der Waals surface area (Å²) in [4.78, 5) is 4.93. The van der Waals surface area contributed by atoms with Gasteiger partial charge in [-0.25, -0.2) is 0 Å². The number of hydrogen-bond acceptors (Lipinski definition) is 3. The fourth-order valence-corrected chi connectivity index (χ4v) is 3.55. The second-order valence-electron chi connectivity index (χ2n) is 6.74. The van der Waals surface area contributed by atoms with Gasteiger partial charge in [0.1, 0.15) is 11.9 Å². The number of hydrogen-bond donors (Lipinski definition) is 0. The smallest absolute Gasteiger partial charge is 0.123 e. The highest BCUT2D eigenvalue weighted by molar-refractivity contribution is 5.66. The van der Waals surface area contributed by atoms with Gasteiger partial charge in [0.05, 0.1) is 0 Å². The summed E-state index contributed by atoms with van der Waals surface area (Å²) >= 11 is 0. The molecule has 2 aromatic carbocycles. The van der Waals surface area contributed by atoms with Crippen LogP contribution in [0.4, 0.5) is 0 Å². The van der Waals surface area contributed by atoms with E-state index >= 15 is 0 Å². The Hall–Kier alpha value is -1.84. The van der Waals surface area contributed by atoms with Gasteiger partial charge in [0.2, 0.25) is 0 Å². The van der Waals surface area contributed by atoms with Crippen LogP contribution >= 0.6 is 0 Å². The third kappa shape index (κ3) is 3.26. The predicted molar refractivity (Wildman–Crippen MR) is 93.9 cm³/mol. The molecule has 3 heteroatoms. The van der Waals surface area contributed by atoms with Crippen LogP contribution in [0.25, 0.3) is 11.1 Å². The van der Waals surface area contributed by atoms with Crippen LogP contribution in [0.15, 0.2) is 48.5 Å². The first-order chi connectivity index (χ1) is 11.3. The molecule has 0 spiro atoms. The molecule has 2 aromatic rings. The molecule has 1 atom stereocenters. The highest BCUT2D eigenvalue weighted by atomic mass is 16.5. The summed E-state index contributed by atoms with van der Waals surface area (Å²) in [6.45, 7) is 5.68. The lowest BCUT2D eigenvalue weighted by atomic mass is 10.0. The average molecular weight is 308 g/mol. The van der Waals surface area contributed by atoms with Crippen molar-refractivity contribution in [3.63, 3.8) is 0 Å². The Balaban J connectivity index is 1.43. The number of piperazine rings is 1. The van der Waals surface area contributed by atoms with Crippen LogP contribution in [-0.2, 0) is 6.42 Å². The van der Waals surface area contributed by atoms with Crippen molar-refractivity contribution in [1.82, 2.24) is 9.80 Å². The summed E-state index contributed by atoms with van der Waals surface area (Å²) in [7, 11) is 2.20. The van der Waals surface area contributed by atoms with Gasteiger partial charge in [0.25, 0.3) is 0 Å². The van der Waals surface area contributed by atoms with Gasteiger partial charge >= 0.3 is 0 Å². The van der Waals surface area contributed by atoms with Crippen LogP contribution in [0.1, 0.15) is 5.56 Å². The van der Waals surface area contributed by atoms with Crippen LogP contribution in [0.3, 0.4) is 0 Å². The zero-order chi connectivity index (χ0) is 15.6. The molecule has 4 rings (SSSR count). The summed E-state index contributed by atoms with van der Waals surface area (Å²) < 4.78 is 6.17. The monoisotopic (exact) mass is 308 g/mol. The van der Waals surface area contributed by atoms with Gasteiger partial charge in [0, 0.05) is 39.1 Å². The Labute approximate surface area is 138 Å². The molecule has 23 heavy (non-hydrogen) atoms. The molecule has 120 valence electrons. The molecule has 1 fully saturated rings. The third-order valence-electron chi connectivity index (χ3n) is 4.97. The van der Waals surface area contributed by atoms with Crippen molar-refractivity contribution in [2.24, 2.45) is 0 Å². The minimum atomic E-state index is 0.305. The Morgan fingerprint density at radius 2 is 1.74 bits per heavy atom. The molecule has 0 radical (unpaired) electrons. The van der Waals surface area contributed by atoms with Crippen molar-refractivity contribution < 1.29 is 4.74 Å². The van der Waals surface area contributed by atoms with E-state index in [-0.39, 0.29) is 0 Å². The number of rotatable bonds is 3. The highest BCUT2D eigenvalue weighted by Gasteiger charge is 2.26. The number of nitrogens with zero attached hydrogens (tertiary/aromatic N) is 2. The van der Waals surface area contributed by atoms with E-state index in [2.05, 4.69) is 65.4 Å². The molecule has 0 aliphatic carbocycles. The number of ether oxygens (including phenoxy) is 1. The third-order valence-corrected chi connectivity index (χ3v) is 4.97. The van der Waals surface area contributed by atoms with Crippen LogP contribution in [-0.4, -0.2) is 55.7 Å². The van der Waals surface area contributed by atoms with E-state index < -0.39 is 0 Å². The molecule has 0 saturated carbocycles. The molecular formula is C20H24N2O. The standard InChI is InChI=1S/C20H24N2O/c1-21-9-11-22(12-10-21)15-19-14-18-13-17(7-8-20(18)23-19)16-5-3-2-4-6-16/h2-8,13,19H,9-12,14-15H2,1H3. The normalized spacial score (nSPS) is 21.9. The lowest BCUT2D eigenvalue weighted by Gasteiger charge is -2.33. The summed E-state index contributed by atoms with van der Waals surface area (Å²) in [6, 6.07) is 17.2. The van der Waals surface area contributed by atoms with Gasteiger partial charge in [-0.05, 0) is 35.9 Å². The van der Waals surface area contributed by atoms with Crippen LogP contribution < -0.4 is 4.74 Å². The first-order valence-electron chi connectivity index (χ1n) is 8.54. The lowest BCUT2D eigenvalue weighted by Crippen LogP contribution is -2.47. The first kappa shape index (κ1) is 14.7. The molecule has 3 nitrogen and oxygen atoms in total. The lowest BCUT2D eigenvalue weighted by molar-refractivity contribution is 0.104. The van der Waals surface area contributed by atoms with Gasteiger partial charge < -0.3 is 9.64 Å². The summed E-state index contributed by atoms with van der Waals surface area (Å²) in [6.07, 6.45) is 1.34. The van der Waals surface area contributed by atoms with Gasteiger partial charge in [-0.1, -0.05) is 36.4 Å². The Morgan fingerprint density at radius 3 is 2.52 bits per heavy atom. The molecule has 0 amide bonds. The van der Waals surface area contributed by atoms with Gasteiger partial charge in [-0.3, -0.25) is 4.90 Å². The maximum absolute atomic E-state index is 6.17. The van der Waals surface area contributed by atoms with Crippen molar-refractivity contribution in [2.45, 2.75) is 12.5 Å². The maximum Gasteiger partial charge on any atom is 0.123 e. The van der Waals surface area contributed by atoms with Gasteiger partial charge in [0.15, 0.2) is 0 Å². The van der Waals surface area contributed by atoms with Gasteiger partial charge in [-0.2, -0.15) is 0 Å². The van der Waals surface area contributed by atoms with E-state index in [0.29, 0.717) is 6.10 Å². The molecule has 0 bridgehead atoms. The van der Waals surface area contributed by atoms with E-state index in [4.69, 9.17) is 4.74 Å². The summed E-state index contributed by atoms with van der Waals surface area (Å²) in [5.41, 5.74) is 3.91. The zero-order valence-corrected chi connectivity index (χ0v) is 13.7. The van der Waals surface area contributed by atoms with Crippen molar-refractivity contribution >= 4 is 0 Å². The largest absolute Gasteiger partial charge is 0.488 e. The molecule has 1 unspecified atom stereocenters. The quantitative estimate of drug-likeness (QED) is 0.867. The number of benzene rings is 2. The highest BCUT2D eigenvalue weighted by Crippen LogP contribution is 2.33. The molecule has 0 N–H and O–H groups in total. The predicted octanol–water partition coefficient (Wildman–Crippen LogP) is 2.90. The summed E-state index contributed by atoms with van der Waals surface area (Å²) in [5, 5.41) is 0. The minimum absolute atomic E-state index is 0.305. The minimum Gasteiger partial charge on any atom is -0.488 e. The number of fused-ring (bicyclic) bond motifs is 1. The molecule has 2 aliphatic heterocycles. The van der Waals surface area contributed by atoms with Crippen LogP contribution in [0.5, 0.6) is 5.75 Å². The van der Waals surface area contributed by atoms with E-state index in [1.54, 1.807) is 0 Å². The van der Waals surface area contributed by atoms with E-state index in [0.717, 1.165) is 44.9 Å². The van der Waals surface area contributed by atoms with Crippen molar-refractivity contribution in [3.8, 4) is 16.9 Å². The maximum atomic E-state index is 6.17. The van der Waals surface area contributed by atoms with Crippen molar-refractivity contribution in [1.29, 1.82) is 0 Å². The molecule has 2 heterocycles. The average Bonchev–Trinajstić information content (AvgIpc) is 2.99. The number of likely N-dealkylation sites (N-methyl/N-ethyl adjacent to an activating group) is 1. The van der Waals surface area contributed by atoms with E-state index in [1.165, 1.54) is 16.7 Å². The molecule has 1 saturated heterocycles. The van der Waals surface area contributed by atoms with Crippen LogP contribution in [0.2, 0.25) is 0 Å². The van der Waals surface area contributed by atoms with Crippen molar-refractivity contribution in [3.05, 3.63) is 54.1 Å².